The highest BCUT2D eigenvalue weighted by Gasteiger charge is 2.19. The number of ether oxygens (including phenoxy) is 1. The summed E-state index contributed by atoms with van der Waals surface area (Å²) in [6.07, 6.45) is 1.02. The Morgan fingerprint density at radius 3 is 3.13 bits per heavy atom. The second-order valence-electron chi connectivity index (χ2n) is 3.92. The standard InChI is InChI=1S/C12H12BrNO/c1-14-10-5-6-15-7-8(10)12-9(13)3-2-4-11(12)14/h2-4H,5-7H2,1H3. The van der Waals surface area contributed by atoms with Crippen molar-refractivity contribution in [1.82, 2.24) is 4.57 Å². The monoisotopic (exact) mass is 265 g/mol. The number of benzene rings is 1. The zero-order valence-electron chi connectivity index (χ0n) is 8.59. The smallest absolute Gasteiger partial charge is 0.0741 e. The third kappa shape index (κ3) is 1.26. The Kier molecular flexibility index (Phi) is 2.11. The lowest BCUT2D eigenvalue weighted by atomic mass is 10.1. The molecule has 0 saturated heterocycles. The number of fused-ring (bicyclic) bond motifs is 3. The minimum atomic E-state index is 0.745. The lowest BCUT2D eigenvalue weighted by Crippen LogP contribution is -2.11. The summed E-state index contributed by atoms with van der Waals surface area (Å²) < 4.78 is 9.00. The van der Waals surface area contributed by atoms with Crippen molar-refractivity contribution in [3.05, 3.63) is 33.9 Å². The van der Waals surface area contributed by atoms with Crippen LogP contribution in [0.5, 0.6) is 0 Å². The normalized spacial score (nSPS) is 15.6. The second-order valence-corrected chi connectivity index (χ2v) is 4.78. The summed E-state index contributed by atoms with van der Waals surface area (Å²) in [5, 5.41) is 1.31. The molecule has 2 nitrogen and oxygen atoms in total. The van der Waals surface area contributed by atoms with Crippen molar-refractivity contribution in [3.8, 4) is 0 Å². The fourth-order valence-corrected chi connectivity index (χ4v) is 3.00. The van der Waals surface area contributed by atoms with Crippen LogP contribution in [0.1, 0.15) is 11.3 Å². The molecule has 2 aromatic rings. The van der Waals surface area contributed by atoms with Crippen LogP contribution in [-0.4, -0.2) is 11.2 Å². The summed E-state index contributed by atoms with van der Waals surface area (Å²) in [5.41, 5.74) is 4.06. The third-order valence-electron chi connectivity index (χ3n) is 3.14. The van der Waals surface area contributed by atoms with E-state index in [-0.39, 0.29) is 0 Å². The largest absolute Gasteiger partial charge is 0.376 e. The van der Waals surface area contributed by atoms with Gasteiger partial charge in [-0.2, -0.15) is 0 Å². The van der Waals surface area contributed by atoms with Crippen molar-refractivity contribution in [2.75, 3.05) is 6.61 Å². The van der Waals surface area contributed by atoms with Gasteiger partial charge in [0, 0.05) is 40.1 Å². The number of hydrogen-bond acceptors (Lipinski definition) is 1. The minimum absolute atomic E-state index is 0.745. The molecule has 3 heteroatoms. The molecule has 1 aromatic carbocycles. The molecule has 1 aromatic heterocycles. The molecule has 15 heavy (non-hydrogen) atoms. The molecule has 0 atom stereocenters. The molecule has 0 amide bonds. The summed E-state index contributed by atoms with van der Waals surface area (Å²) in [6, 6.07) is 6.34. The molecule has 2 heterocycles. The van der Waals surface area contributed by atoms with Gasteiger partial charge >= 0.3 is 0 Å². The van der Waals surface area contributed by atoms with Crippen molar-refractivity contribution < 1.29 is 4.74 Å². The Balaban J connectivity index is 2.44. The Hall–Kier alpha value is -0.800. The molecule has 1 aliphatic heterocycles. The van der Waals surface area contributed by atoms with Gasteiger partial charge in [0.25, 0.3) is 0 Å². The minimum Gasteiger partial charge on any atom is -0.376 e. The first kappa shape index (κ1) is 9.43. The number of rotatable bonds is 0. The van der Waals surface area contributed by atoms with Crippen LogP contribution in [0.3, 0.4) is 0 Å². The van der Waals surface area contributed by atoms with Crippen LogP contribution in [0.4, 0.5) is 0 Å². The molecule has 0 fully saturated rings. The number of aryl methyl sites for hydroxylation is 1. The topological polar surface area (TPSA) is 14.2 Å². The second kappa shape index (κ2) is 3.35. The van der Waals surface area contributed by atoms with Crippen LogP contribution in [0.2, 0.25) is 0 Å². The maximum atomic E-state index is 5.54. The number of halogens is 1. The van der Waals surface area contributed by atoms with E-state index in [1.54, 1.807) is 0 Å². The Bertz CT molecular complexity index is 530. The van der Waals surface area contributed by atoms with E-state index >= 15 is 0 Å². The zero-order chi connectivity index (χ0) is 10.4. The summed E-state index contributed by atoms with van der Waals surface area (Å²) in [4.78, 5) is 0. The van der Waals surface area contributed by atoms with Crippen molar-refractivity contribution in [2.45, 2.75) is 13.0 Å². The van der Waals surface area contributed by atoms with Gasteiger partial charge in [-0.1, -0.05) is 22.0 Å². The molecule has 78 valence electrons. The molecule has 3 rings (SSSR count). The Morgan fingerprint density at radius 2 is 2.27 bits per heavy atom. The highest BCUT2D eigenvalue weighted by Crippen LogP contribution is 2.33. The average Bonchev–Trinajstić information content (AvgIpc) is 2.55. The van der Waals surface area contributed by atoms with E-state index < -0.39 is 0 Å². The number of nitrogens with zero attached hydrogens (tertiary/aromatic N) is 1. The molecule has 0 aliphatic carbocycles. The Labute approximate surface area is 97.0 Å². The van der Waals surface area contributed by atoms with Gasteiger partial charge in [0.15, 0.2) is 0 Å². The predicted molar refractivity (Wildman–Crippen MR) is 64.0 cm³/mol. The lowest BCUT2D eigenvalue weighted by Gasteiger charge is -2.14. The van der Waals surface area contributed by atoms with Gasteiger partial charge in [0.1, 0.15) is 0 Å². The van der Waals surface area contributed by atoms with Crippen LogP contribution in [0, 0.1) is 0 Å². The van der Waals surface area contributed by atoms with E-state index in [1.165, 1.54) is 26.6 Å². The first-order chi connectivity index (χ1) is 7.29. The average molecular weight is 266 g/mol. The van der Waals surface area contributed by atoms with Gasteiger partial charge in [-0.15, -0.1) is 0 Å². The van der Waals surface area contributed by atoms with Crippen molar-refractivity contribution in [3.63, 3.8) is 0 Å². The van der Waals surface area contributed by atoms with Crippen LogP contribution >= 0.6 is 15.9 Å². The van der Waals surface area contributed by atoms with Crippen LogP contribution in [0.25, 0.3) is 10.9 Å². The van der Waals surface area contributed by atoms with Gasteiger partial charge in [-0.3, -0.25) is 0 Å². The molecular formula is C12H12BrNO. The number of hydrogen-bond donors (Lipinski definition) is 0. The van der Waals surface area contributed by atoms with E-state index in [0.717, 1.165) is 19.6 Å². The SMILES string of the molecule is Cn1c2c(c3c(Br)cccc31)COCC2. The van der Waals surface area contributed by atoms with Gasteiger partial charge in [-0.05, 0) is 12.1 Å². The van der Waals surface area contributed by atoms with E-state index in [9.17, 15) is 0 Å². The predicted octanol–water partition coefficient (Wildman–Crippen LogP) is 3.01. The summed E-state index contributed by atoms with van der Waals surface area (Å²) in [5.74, 6) is 0. The first-order valence-electron chi connectivity index (χ1n) is 5.11. The lowest BCUT2D eigenvalue weighted by molar-refractivity contribution is 0.110. The van der Waals surface area contributed by atoms with Crippen LogP contribution in [-0.2, 0) is 24.8 Å². The maximum absolute atomic E-state index is 5.54. The van der Waals surface area contributed by atoms with Gasteiger partial charge in [0.05, 0.1) is 13.2 Å². The third-order valence-corrected chi connectivity index (χ3v) is 3.80. The van der Waals surface area contributed by atoms with Crippen LogP contribution in [0.15, 0.2) is 22.7 Å². The van der Waals surface area contributed by atoms with Crippen molar-refractivity contribution in [1.29, 1.82) is 0 Å². The summed E-state index contributed by atoms with van der Waals surface area (Å²) in [7, 11) is 2.14. The molecule has 0 bridgehead atoms. The molecule has 0 saturated carbocycles. The van der Waals surface area contributed by atoms with Crippen LogP contribution < -0.4 is 0 Å². The fraction of sp³-hybridized carbons (Fsp3) is 0.333. The molecule has 0 unspecified atom stereocenters. The molecule has 0 spiro atoms. The van der Waals surface area contributed by atoms with Crippen molar-refractivity contribution in [2.24, 2.45) is 7.05 Å². The van der Waals surface area contributed by atoms with E-state index in [2.05, 4.69) is 45.7 Å². The van der Waals surface area contributed by atoms with Gasteiger partial charge < -0.3 is 9.30 Å². The molecule has 1 aliphatic rings. The van der Waals surface area contributed by atoms with Gasteiger partial charge in [0.2, 0.25) is 0 Å². The van der Waals surface area contributed by atoms with Gasteiger partial charge in [-0.25, -0.2) is 0 Å². The maximum Gasteiger partial charge on any atom is 0.0741 e. The summed E-state index contributed by atoms with van der Waals surface area (Å²) in [6.45, 7) is 1.59. The highest BCUT2D eigenvalue weighted by molar-refractivity contribution is 9.10. The molecule has 0 radical (unpaired) electrons. The molecule has 0 N–H and O–H groups in total. The van der Waals surface area contributed by atoms with E-state index in [4.69, 9.17) is 4.74 Å². The zero-order valence-corrected chi connectivity index (χ0v) is 10.2. The van der Waals surface area contributed by atoms with Crippen molar-refractivity contribution >= 4 is 26.8 Å². The fourth-order valence-electron chi connectivity index (χ4n) is 2.40. The van der Waals surface area contributed by atoms with E-state index in [0.29, 0.717) is 0 Å². The Morgan fingerprint density at radius 1 is 1.40 bits per heavy atom. The number of aromatic nitrogens is 1. The first-order valence-corrected chi connectivity index (χ1v) is 5.90. The van der Waals surface area contributed by atoms with E-state index in [1.807, 2.05) is 0 Å². The summed E-state index contributed by atoms with van der Waals surface area (Å²) >= 11 is 3.62. The quantitative estimate of drug-likeness (QED) is 0.715. The highest BCUT2D eigenvalue weighted by atomic mass is 79.9. The molecular weight excluding hydrogens is 254 g/mol.